The number of carbonyl (C=O) groups is 1. The summed E-state index contributed by atoms with van der Waals surface area (Å²) in [5.41, 5.74) is 0.834. The van der Waals surface area contributed by atoms with Gasteiger partial charge in [-0.25, -0.2) is 8.42 Å². The number of anilines is 2. The normalized spacial score (nSPS) is 11.4. The number of nitro benzene ring substituents is 1. The van der Waals surface area contributed by atoms with Crippen LogP contribution in [0.1, 0.15) is 19.4 Å². The first-order valence-electron chi connectivity index (χ1n) is 9.19. The average Bonchev–Trinajstić information content (AvgIpc) is 2.70. The van der Waals surface area contributed by atoms with E-state index in [0.717, 1.165) is 6.07 Å². The lowest BCUT2D eigenvalue weighted by molar-refractivity contribution is -0.384. The number of nitrogens with zero attached hydrogens (tertiary/aromatic N) is 2. The summed E-state index contributed by atoms with van der Waals surface area (Å²) < 4.78 is 26.4. The Hall–Kier alpha value is -2.69. The van der Waals surface area contributed by atoms with Crippen LogP contribution in [0.15, 0.2) is 41.3 Å². The van der Waals surface area contributed by atoms with Crippen LogP contribution in [0.2, 0.25) is 5.02 Å². The quantitative estimate of drug-likeness (QED) is 0.440. The van der Waals surface area contributed by atoms with E-state index in [2.05, 4.69) is 10.6 Å². The molecule has 30 heavy (non-hydrogen) atoms. The van der Waals surface area contributed by atoms with E-state index in [1.807, 2.05) is 0 Å². The Bertz CT molecular complexity index is 1050. The van der Waals surface area contributed by atoms with Crippen LogP contribution in [0.5, 0.6) is 0 Å². The minimum Gasteiger partial charge on any atom is -0.371 e. The van der Waals surface area contributed by atoms with Gasteiger partial charge in [0.15, 0.2) is 0 Å². The van der Waals surface area contributed by atoms with Crippen LogP contribution in [-0.2, 0) is 14.8 Å². The van der Waals surface area contributed by atoms with Crippen molar-refractivity contribution in [3.8, 4) is 0 Å². The van der Waals surface area contributed by atoms with Gasteiger partial charge in [-0.1, -0.05) is 31.5 Å². The Balaban J connectivity index is 2.21. The molecule has 0 unspecified atom stereocenters. The van der Waals surface area contributed by atoms with Gasteiger partial charge in [0.25, 0.3) is 5.69 Å². The first-order chi connectivity index (χ1) is 14.1. The molecule has 2 aromatic rings. The van der Waals surface area contributed by atoms with Gasteiger partial charge in [-0.3, -0.25) is 14.9 Å². The van der Waals surface area contributed by atoms with Crippen LogP contribution in [0.25, 0.3) is 0 Å². The van der Waals surface area contributed by atoms with Gasteiger partial charge in [-0.05, 0) is 36.8 Å². The fourth-order valence-corrected chi connectivity index (χ4v) is 4.45. The zero-order valence-corrected chi connectivity index (χ0v) is 18.4. The minimum absolute atomic E-state index is 0.0384. The molecule has 2 aromatic carbocycles. The van der Waals surface area contributed by atoms with E-state index in [9.17, 15) is 23.3 Å². The van der Waals surface area contributed by atoms with E-state index < -0.39 is 26.5 Å². The van der Waals surface area contributed by atoms with Crippen LogP contribution in [0.3, 0.4) is 0 Å². The molecule has 0 aliphatic heterocycles. The van der Waals surface area contributed by atoms with Gasteiger partial charge in [0.1, 0.15) is 5.69 Å². The highest BCUT2D eigenvalue weighted by Crippen LogP contribution is 2.29. The highest BCUT2D eigenvalue weighted by Gasteiger charge is 2.25. The molecule has 162 valence electrons. The maximum absolute atomic E-state index is 12.6. The summed E-state index contributed by atoms with van der Waals surface area (Å²) in [5.74, 6) is -0.436. The maximum atomic E-state index is 12.6. The molecular weight excluding hydrogens is 432 g/mol. The number of sulfonamides is 1. The van der Waals surface area contributed by atoms with Crippen molar-refractivity contribution in [2.75, 3.05) is 30.3 Å². The number of hydrogen-bond acceptors (Lipinski definition) is 6. The second-order valence-corrected chi connectivity index (χ2v) is 8.68. The predicted molar refractivity (Wildman–Crippen MR) is 117 cm³/mol. The van der Waals surface area contributed by atoms with Gasteiger partial charge in [-0.2, -0.15) is 4.31 Å². The zero-order chi connectivity index (χ0) is 22.5. The molecule has 0 atom stereocenters. The summed E-state index contributed by atoms with van der Waals surface area (Å²) in [6.07, 6.45) is 0. The number of halogens is 1. The molecule has 11 heteroatoms. The van der Waals surface area contributed by atoms with E-state index >= 15 is 0 Å². The summed E-state index contributed by atoms with van der Waals surface area (Å²) in [4.78, 5) is 22.8. The van der Waals surface area contributed by atoms with Crippen LogP contribution in [0, 0.1) is 17.0 Å². The highest BCUT2D eigenvalue weighted by molar-refractivity contribution is 7.89. The molecule has 0 aliphatic carbocycles. The number of carbonyl (C=O) groups excluding carboxylic acids is 1. The smallest absolute Gasteiger partial charge is 0.293 e. The van der Waals surface area contributed by atoms with Crippen LogP contribution in [0.4, 0.5) is 17.1 Å². The molecule has 0 spiro atoms. The van der Waals surface area contributed by atoms with E-state index in [4.69, 9.17) is 11.6 Å². The molecule has 0 saturated heterocycles. The van der Waals surface area contributed by atoms with Gasteiger partial charge < -0.3 is 10.6 Å². The van der Waals surface area contributed by atoms with E-state index in [-0.39, 0.29) is 30.2 Å². The van der Waals surface area contributed by atoms with Gasteiger partial charge in [0.05, 0.1) is 16.4 Å². The molecule has 2 rings (SSSR count). The Morgan fingerprint density at radius 1 is 1.17 bits per heavy atom. The summed E-state index contributed by atoms with van der Waals surface area (Å²) in [5, 5.41) is 17.3. The molecule has 9 nitrogen and oxygen atoms in total. The third kappa shape index (κ3) is 5.26. The van der Waals surface area contributed by atoms with Crippen molar-refractivity contribution in [3.05, 3.63) is 57.1 Å². The van der Waals surface area contributed by atoms with Crippen LogP contribution in [-0.4, -0.2) is 43.2 Å². The Morgan fingerprint density at radius 3 is 2.43 bits per heavy atom. The molecule has 0 radical (unpaired) electrons. The number of amides is 1. The summed E-state index contributed by atoms with van der Waals surface area (Å²) in [6, 6.07) is 8.64. The first kappa shape index (κ1) is 23.6. The van der Waals surface area contributed by atoms with Gasteiger partial charge in [-0.15, -0.1) is 0 Å². The molecule has 1 amide bonds. The Kier molecular flexibility index (Phi) is 7.77. The van der Waals surface area contributed by atoms with Crippen LogP contribution < -0.4 is 10.6 Å². The SMILES string of the molecule is CCN(CC)S(=O)(=O)c1ccc(NCC(=O)Nc2cccc(Cl)c2C)c([N+](=O)[O-])c1. The number of nitrogens with one attached hydrogen (secondary N) is 2. The molecule has 0 aromatic heterocycles. The average molecular weight is 455 g/mol. The van der Waals surface area contributed by atoms with Gasteiger partial charge in [0.2, 0.25) is 15.9 Å². The van der Waals surface area contributed by atoms with Crippen molar-refractivity contribution in [1.82, 2.24) is 4.31 Å². The maximum Gasteiger partial charge on any atom is 0.293 e. The third-order valence-electron chi connectivity index (χ3n) is 4.49. The minimum atomic E-state index is -3.85. The summed E-state index contributed by atoms with van der Waals surface area (Å²) in [6.45, 7) is 5.36. The van der Waals surface area contributed by atoms with Crippen molar-refractivity contribution in [2.24, 2.45) is 0 Å². The van der Waals surface area contributed by atoms with Crippen molar-refractivity contribution in [2.45, 2.75) is 25.7 Å². The van der Waals surface area contributed by atoms with Gasteiger partial charge >= 0.3 is 0 Å². The lowest BCUT2D eigenvalue weighted by Crippen LogP contribution is -2.30. The van der Waals surface area contributed by atoms with Crippen molar-refractivity contribution < 1.29 is 18.1 Å². The second-order valence-electron chi connectivity index (χ2n) is 6.34. The predicted octanol–water partition coefficient (Wildman–Crippen LogP) is 3.64. The number of rotatable bonds is 9. The second kappa shape index (κ2) is 9.88. The highest BCUT2D eigenvalue weighted by atomic mass is 35.5. The largest absolute Gasteiger partial charge is 0.371 e. The monoisotopic (exact) mass is 454 g/mol. The Morgan fingerprint density at radius 2 is 1.83 bits per heavy atom. The van der Waals surface area contributed by atoms with E-state index in [1.54, 1.807) is 39.0 Å². The molecule has 2 N–H and O–H groups in total. The molecule has 0 fully saturated rings. The van der Waals surface area contributed by atoms with E-state index in [1.165, 1.54) is 16.4 Å². The van der Waals surface area contributed by atoms with Crippen molar-refractivity contribution in [1.29, 1.82) is 0 Å². The molecular formula is C19H23ClN4O5S. The molecule has 0 aliphatic rings. The summed E-state index contributed by atoms with van der Waals surface area (Å²) in [7, 11) is -3.85. The van der Waals surface area contributed by atoms with Crippen molar-refractivity contribution in [3.63, 3.8) is 0 Å². The topological polar surface area (TPSA) is 122 Å². The first-order valence-corrected chi connectivity index (χ1v) is 11.0. The van der Waals surface area contributed by atoms with E-state index in [0.29, 0.717) is 16.3 Å². The fourth-order valence-electron chi connectivity index (χ4n) is 2.80. The lowest BCUT2D eigenvalue weighted by atomic mass is 10.2. The third-order valence-corrected chi connectivity index (χ3v) is 6.95. The molecule has 0 saturated carbocycles. The zero-order valence-electron chi connectivity index (χ0n) is 16.8. The number of hydrogen-bond donors (Lipinski definition) is 2. The number of benzene rings is 2. The van der Waals surface area contributed by atoms with Crippen molar-refractivity contribution >= 4 is 44.6 Å². The fraction of sp³-hybridized carbons (Fsp3) is 0.316. The molecule has 0 heterocycles. The van der Waals surface area contributed by atoms with Gasteiger partial charge in [0, 0.05) is 29.9 Å². The number of nitro groups is 1. The van der Waals surface area contributed by atoms with Crippen LogP contribution >= 0.6 is 11.6 Å². The summed E-state index contributed by atoms with van der Waals surface area (Å²) >= 11 is 6.03. The Labute approximate surface area is 180 Å². The standard InChI is InChI=1S/C19H23ClN4O5S/c1-4-23(5-2)30(28,29)14-9-10-17(18(11-14)24(26)27)21-12-19(25)22-16-8-6-7-15(20)13(16)3/h6-11,21H,4-5,12H2,1-3H3,(H,22,25). The lowest BCUT2D eigenvalue weighted by Gasteiger charge is -2.18. The molecule has 0 bridgehead atoms.